The lowest BCUT2D eigenvalue weighted by atomic mass is 10.4. The Bertz CT molecular complexity index is 356. The topological polar surface area (TPSA) is 63.3 Å². The van der Waals surface area contributed by atoms with Crippen molar-refractivity contribution in [1.82, 2.24) is 4.98 Å². The minimum absolute atomic E-state index is 0.0586. The van der Waals surface area contributed by atoms with Crippen molar-refractivity contribution in [3.05, 3.63) is 17.3 Å². The van der Waals surface area contributed by atoms with Crippen LogP contribution in [0.25, 0.3) is 0 Å². The van der Waals surface area contributed by atoms with E-state index < -0.39 is 30.2 Å². The maximum atomic E-state index is 11.8. The molecule has 0 amide bonds. The average molecular weight is 209 g/mol. The SMILES string of the molecule is Cc1nc(CC(F)(F)F)oc1C(=O)O. The largest absolute Gasteiger partial charge is 0.475 e. The molecule has 0 saturated carbocycles. The highest BCUT2D eigenvalue weighted by atomic mass is 19.4. The summed E-state index contributed by atoms with van der Waals surface area (Å²) in [4.78, 5) is 13.7. The van der Waals surface area contributed by atoms with Gasteiger partial charge in [-0.15, -0.1) is 0 Å². The van der Waals surface area contributed by atoms with Crippen LogP contribution in [0.15, 0.2) is 4.42 Å². The zero-order valence-corrected chi connectivity index (χ0v) is 7.05. The number of aromatic nitrogens is 1. The van der Waals surface area contributed by atoms with Crippen molar-refractivity contribution in [2.24, 2.45) is 0 Å². The van der Waals surface area contributed by atoms with Crippen LogP contribution in [0.1, 0.15) is 22.1 Å². The third-order valence-corrected chi connectivity index (χ3v) is 1.39. The minimum atomic E-state index is -4.45. The molecule has 1 heterocycles. The van der Waals surface area contributed by atoms with E-state index in [0.29, 0.717) is 0 Å². The van der Waals surface area contributed by atoms with Crippen LogP contribution >= 0.6 is 0 Å². The van der Waals surface area contributed by atoms with Gasteiger partial charge in [0.25, 0.3) is 0 Å². The van der Waals surface area contributed by atoms with Crippen molar-refractivity contribution in [2.75, 3.05) is 0 Å². The van der Waals surface area contributed by atoms with Gasteiger partial charge >= 0.3 is 12.1 Å². The van der Waals surface area contributed by atoms with E-state index >= 15 is 0 Å². The molecule has 0 aliphatic rings. The van der Waals surface area contributed by atoms with Crippen molar-refractivity contribution in [1.29, 1.82) is 0 Å². The molecule has 0 bridgehead atoms. The Hall–Kier alpha value is -1.53. The standard InChI is InChI=1S/C7H6F3NO3/c1-3-5(6(12)13)14-4(11-3)2-7(8,9)10/h2H2,1H3,(H,12,13). The molecular formula is C7H6F3NO3. The van der Waals surface area contributed by atoms with Crippen LogP contribution in [-0.2, 0) is 6.42 Å². The number of hydrogen-bond acceptors (Lipinski definition) is 3. The van der Waals surface area contributed by atoms with Gasteiger partial charge in [0.15, 0.2) is 0 Å². The van der Waals surface area contributed by atoms with Crippen LogP contribution in [-0.4, -0.2) is 22.2 Å². The number of alkyl halides is 3. The summed E-state index contributed by atoms with van der Waals surface area (Å²) >= 11 is 0. The first-order valence-electron chi connectivity index (χ1n) is 3.56. The van der Waals surface area contributed by atoms with Gasteiger partial charge in [-0.3, -0.25) is 0 Å². The summed E-state index contributed by atoms with van der Waals surface area (Å²) in [5, 5.41) is 8.46. The summed E-state index contributed by atoms with van der Waals surface area (Å²) < 4.78 is 39.9. The van der Waals surface area contributed by atoms with E-state index in [1.54, 1.807) is 0 Å². The highest BCUT2D eigenvalue weighted by molar-refractivity contribution is 5.85. The Morgan fingerprint density at radius 1 is 1.57 bits per heavy atom. The first-order valence-corrected chi connectivity index (χ1v) is 3.56. The van der Waals surface area contributed by atoms with Crippen LogP contribution in [0.4, 0.5) is 13.2 Å². The molecule has 14 heavy (non-hydrogen) atoms. The van der Waals surface area contributed by atoms with Crippen LogP contribution in [0.3, 0.4) is 0 Å². The summed E-state index contributed by atoms with van der Waals surface area (Å²) in [6.07, 6.45) is -5.81. The van der Waals surface area contributed by atoms with Crippen molar-refractivity contribution >= 4 is 5.97 Å². The van der Waals surface area contributed by atoms with E-state index in [1.165, 1.54) is 6.92 Å². The molecule has 7 heteroatoms. The monoisotopic (exact) mass is 209 g/mol. The quantitative estimate of drug-likeness (QED) is 0.806. The summed E-state index contributed by atoms with van der Waals surface area (Å²) in [5.74, 6) is -2.61. The number of oxazole rings is 1. The molecule has 1 rings (SSSR count). The molecule has 0 saturated heterocycles. The Morgan fingerprint density at radius 2 is 2.14 bits per heavy atom. The van der Waals surface area contributed by atoms with Crippen LogP contribution in [0, 0.1) is 6.92 Å². The van der Waals surface area contributed by atoms with E-state index in [2.05, 4.69) is 9.40 Å². The summed E-state index contributed by atoms with van der Waals surface area (Å²) in [5.41, 5.74) is -0.0586. The Labute approximate surface area is 76.4 Å². The predicted molar refractivity (Wildman–Crippen MR) is 38.0 cm³/mol. The third-order valence-electron chi connectivity index (χ3n) is 1.39. The molecule has 0 aromatic carbocycles. The smallest absolute Gasteiger partial charge is 0.397 e. The van der Waals surface area contributed by atoms with E-state index in [4.69, 9.17) is 5.11 Å². The van der Waals surface area contributed by atoms with Gasteiger partial charge in [0, 0.05) is 0 Å². The molecule has 1 aromatic heterocycles. The highest BCUT2D eigenvalue weighted by Gasteiger charge is 2.31. The molecule has 0 aliphatic heterocycles. The van der Waals surface area contributed by atoms with E-state index in [0.717, 1.165) is 0 Å². The number of hydrogen-bond donors (Lipinski definition) is 1. The number of aromatic carboxylic acids is 1. The Kier molecular flexibility index (Phi) is 2.50. The molecule has 0 unspecified atom stereocenters. The first kappa shape index (κ1) is 10.6. The van der Waals surface area contributed by atoms with Crippen molar-refractivity contribution in [3.8, 4) is 0 Å². The number of rotatable bonds is 2. The van der Waals surface area contributed by atoms with E-state index in [1.807, 2.05) is 0 Å². The third kappa shape index (κ3) is 2.48. The Balaban J connectivity index is 2.92. The molecule has 0 spiro atoms. The minimum Gasteiger partial charge on any atom is -0.475 e. The van der Waals surface area contributed by atoms with Gasteiger partial charge in [0.1, 0.15) is 6.42 Å². The van der Waals surface area contributed by atoms with Gasteiger partial charge < -0.3 is 9.52 Å². The maximum absolute atomic E-state index is 11.8. The van der Waals surface area contributed by atoms with Crippen LogP contribution in [0.5, 0.6) is 0 Å². The van der Waals surface area contributed by atoms with E-state index in [9.17, 15) is 18.0 Å². The summed E-state index contributed by atoms with van der Waals surface area (Å²) in [6, 6.07) is 0. The molecule has 1 aromatic rings. The second-order valence-electron chi connectivity index (χ2n) is 2.62. The van der Waals surface area contributed by atoms with Crippen molar-refractivity contribution in [3.63, 3.8) is 0 Å². The normalized spacial score (nSPS) is 11.7. The highest BCUT2D eigenvalue weighted by Crippen LogP contribution is 2.22. The lowest BCUT2D eigenvalue weighted by Gasteiger charge is -2.00. The molecule has 0 atom stereocenters. The van der Waals surface area contributed by atoms with Gasteiger partial charge in [-0.1, -0.05) is 0 Å². The molecule has 0 aliphatic carbocycles. The van der Waals surface area contributed by atoms with Gasteiger partial charge in [-0.2, -0.15) is 13.2 Å². The molecule has 1 N–H and O–H groups in total. The number of carboxylic acid groups (broad SMARTS) is 1. The zero-order chi connectivity index (χ0) is 10.9. The number of halogens is 3. The molecule has 0 fully saturated rings. The summed E-state index contributed by atoms with van der Waals surface area (Å²) in [6.45, 7) is 1.27. The molecule has 78 valence electrons. The van der Waals surface area contributed by atoms with E-state index in [-0.39, 0.29) is 5.69 Å². The number of carboxylic acids is 1. The van der Waals surface area contributed by atoms with Crippen molar-refractivity contribution < 1.29 is 27.5 Å². The fourth-order valence-electron chi connectivity index (χ4n) is 0.898. The molecule has 4 nitrogen and oxygen atoms in total. The summed E-state index contributed by atoms with van der Waals surface area (Å²) in [7, 11) is 0. The average Bonchev–Trinajstić information content (AvgIpc) is 2.26. The Morgan fingerprint density at radius 3 is 2.50 bits per heavy atom. The maximum Gasteiger partial charge on any atom is 0.397 e. The lowest BCUT2D eigenvalue weighted by Crippen LogP contribution is -2.11. The van der Waals surface area contributed by atoms with Crippen LogP contribution in [0.2, 0.25) is 0 Å². The predicted octanol–water partition coefficient (Wildman–Crippen LogP) is 1.79. The van der Waals surface area contributed by atoms with Gasteiger partial charge in [-0.25, -0.2) is 9.78 Å². The van der Waals surface area contributed by atoms with Gasteiger partial charge in [-0.05, 0) is 6.92 Å². The van der Waals surface area contributed by atoms with Crippen LogP contribution < -0.4 is 0 Å². The second kappa shape index (κ2) is 3.32. The molecular weight excluding hydrogens is 203 g/mol. The van der Waals surface area contributed by atoms with Gasteiger partial charge in [0.2, 0.25) is 11.7 Å². The fourth-order valence-corrected chi connectivity index (χ4v) is 0.898. The number of aryl methyl sites for hydroxylation is 1. The molecule has 0 radical (unpaired) electrons. The second-order valence-corrected chi connectivity index (χ2v) is 2.62. The zero-order valence-electron chi connectivity index (χ0n) is 7.05. The lowest BCUT2D eigenvalue weighted by molar-refractivity contribution is -0.130. The number of carbonyl (C=O) groups is 1. The van der Waals surface area contributed by atoms with Crippen molar-refractivity contribution in [2.45, 2.75) is 19.5 Å². The first-order chi connectivity index (χ1) is 6.29. The fraction of sp³-hybridized carbons (Fsp3) is 0.429. The number of nitrogens with zero attached hydrogens (tertiary/aromatic N) is 1. The van der Waals surface area contributed by atoms with Gasteiger partial charge in [0.05, 0.1) is 5.69 Å².